The van der Waals surface area contributed by atoms with Crippen molar-refractivity contribution in [1.82, 2.24) is 9.35 Å². The first kappa shape index (κ1) is 5.35. The first-order chi connectivity index (χ1) is 4.97. The van der Waals surface area contributed by atoms with E-state index in [9.17, 15) is 0 Å². The Bertz CT molecular complexity index is 247. The van der Waals surface area contributed by atoms with E-state index in [1.165, 1.54) is 0 Å². The van der Waals surface area contributed by atoms with Crippen LogP contribution in [0, 0.1) is 6.20 Å². The molecule has 0 saturated carbocycles. The van der Waals surface area contributed by atoms with Crippen molar-refractivity contribution in [2.45, 2.75) is 0 Å². The highest BCUT2D eigenvalue weighted by molar-refractivity contribution is 4.95. The second-order valence-corrected chi connectivity index (χ2v) is 2.04. The summed E-state index contributed by atoms with van der Waals surface area (Å²) >= 11 is 0. The van der Waals surface area contributed by atoms with Gasteiger partial charge in [0.1, 0.15) is 0 Å². The zero-order valence-corrected chi connectivity index (χ0v) is 5.44. The molecule has 10 heavy (non-hydrogen) atoms. The molecule has 0 aromatic carbocycles. The van der Waals surface area contributed by atoms with Gasteiger partial charge < -0.3 is 0 Å². The maximum atomic E-state index is 3.02. The molecule has 0 aliphatic carbocycles. The zero-order valence-electron chi connectivity index (χ0n) is 5.44. The lowest BCUT2D eigenvalue weighted by atomic mass is 10.7. The third kappa shape index (κ3) is 0.739. The monoisotopic (exact) mass is 131 g/mol. The zero-order chi connectivity index (χ0) is 6.81. The molecule has 2 heterocycles. The Morgan fingerprint density at radius 2 is 1.70 bits per heavy atom. The van der Waals surface area contributed by atoms with Crippen molar-refractivity contribution in [3.05, 3.63) is 49.1 Å². The normalized spacial score (nSPS) is 10.0. The fourth-order valence-electron chi connectivity index (χ4n) is 0.900. The fourth-order valence-corrected chi connectivity index (χ4v) is 0.900. The highest BCUT2D eigenvalue weighted by Crippen LogP contribution is 1.93. The predicted molar refractivity (Wildman–Crippen MR) is 38.5 cm³/mol. The summed E-state index contributed by atoms with van der Waals surface area (Å²) in [5, 5.41) is 0. The van der Waals surface area contributed by atoms with Gasteiger partial charge in [-0.1, -0.05) is 0 Å². The van der Waals surface area contributed by atoms with E-state index in [1.807, 2.05) is 52.2 Å². The molecule has 0 aliphatic heterocycles. The number of hydrogen-bond donors (Lipinski definition) is 0. The lowest BCUT2D eigenvalue weighted by molar-refractivity contribution is 0.663. The van der Waals surface area contributed by atoms with Crippen LogP contribution in [-0.2, 0) is 0 Å². The van der Waals surface area contributed by atoms with Crippen LogP contribution in [0.4, 0.5) is 0 Å². The van der Waals surface area contributed by atoms with Crippen molar-refractivity contribution >= 4 is 0 Å². The van der Waals surface area contributed by atoms with E-state index in [1.54, 1.807) is 0 Å². The standard InChI is InChI=1S/C8H7N2/c1-2-6-9(5-1)10-7-3-4-8-10/h1-7H. The highest BCUT2D eigenvalue weighted by atomic mass is 15.4. The maximum Gasteiger partial charge on any atom is 0.0886 e. The molecule has 49 valence electrons. The predicted octanol–water partition coefficient (Wildman–Crippen LogP) is 1.40. The van der Waals surface area contributed by atoms with E-state index in [0.29, 0.717) is 0 Å². The quantitative estimate of drug-likeness (QED) is 0.553. The van der Waals surface area contributed by atoms with Crippen LogP contribution in [0.5, 0.6) is 0 Å². The van der Waals surface area contributed by atoms with Crippen molar-refractivity contribution in [3.8, 4) is 0 Å². The lowest BCUT2D eigenvalue weighted by Crippen LogP contribution is -2.01. The molecule has 1 radical (unpaired) electrons. The summed E-state index contributed by atoms with van der Waals surface area (Å²) in [6.45, 7) is 0. The Labute approximate surface area is 59.3 Å². The first-order valence-electron chi connectivity index (χ1n) is 3.15. The van der Waals surface area contributed by atoms with Crippen LogP contribution in [0.25, 0.3) is 0 Å². The Hall–Kier alpha value is -1.44. The van der Waals surface area contributed by atoms with Gasteiger partial charge in [-0.05, 0) is 24.3 Å². The molecular weight excluding hydrogens is 124 g/mol. The van der Waals surface area contributed by atoms with Crippen molar-refractivity contribution in [1.29, 1.82) is 0 Å². The summed E-state index contributed by atoms with van der Waals surface area (Å²) in [7, 11) is 0. The van der Waals surface area contributed by atoms with E-state index in [0.717, 1.165) is 0 Å². The Morgan fingerprint density at radius 1 is 0.900 bits per heavy atom. The molecule has 0 fully saturated rings. The summed E-state index contributed by atoms with van der Waals surface area (Å²) < 4.78 is 3.82. The van der Waals surface area contributed by atoms with Crippen molar-refractivity contribution < 1.29 is 0 Å². The molecule has 2 rings (SSSR count). The molecule has 2 nitrogen and oxygen atoms in total. The summed E-state index contributed by atoms with van der Waals surface area (Å²) in [5.74, 6) is 0. The summed E-state index contributed by atoms with van der Waals surface area (Å²) in [4.78, 5) is 0. The molecule has 0 saturated heterocycles. The topological polar surface area (TPSA) is 9.86 Å². The van der Waals surface area contributed by atoms with Crippen LogP contribution in [0.2, 0.25) is 0 Å². The van der Waals surface area contributed by atoms with E-state index in [-0.39, 0.29) is 0 Å². The average Bonchev–Trinajstić information content (AvgIpc) is 2.59. The smallest absolute Gasteiger partial charge is 0.0886 e. The number of aromatic nitrogens is 2. The molecule has 0 amide bonds. The van der Waals surface area contributed by atoms with Gasteiger partial charge in [0.05, 0.1) is 6.20 Å². The third-order valence-corrected chi connectivity index (χ3v) is 1.37. The van der Waals surface area contributed by atoms with Gasteiger partial charge in [0.15, 0.2) is 0 Å². The van der Waals surface area contributed by atoms with E-state index >= 15 is 0 Å². The first-order valence-corrected chi connectivity index (χ1v) is 3.15. The van der Waals surface area contributed by atoms with Gasteiger partial charge in [0.2, 0.25) is 0 Å². The van der Waals surface area contributed by atoms with E-state index in [2.05, 4.69) is 6.20 Å². The summed E-state index contributed by atoms with van der Waals surface area (Å²) in [6.07, 6.45) is 8.90. The Kier molecular flexibility index (Phi) is 1.10. The summed E-state index contributed by atoms with van der Waals surface area (Å²) in [5.41, 5.74) is 0. The molecule has 0 spiro atoms. The minimum Gasteiger partial charge on any atom is -0.264 e. The second kappa shape index (κ2) is 2.06. The minimum absolute atomic E-state index is 1.88. The van der Waals surface area contributed by atoms with Gasteiger partial charge in [0.25, 0.3) is 0 Å². The van der Waals surface area contributed by atoms with Crippen molar-refractivity contribution in [2.24, 2.45) is 0 Å². The molecule has 2 aromatic heterocycles. The van der Waals surface area contributed by atoms with Gasteiger partial charge >= 0.3 is 0 Å². The van der Waals surface area contributed by atoms with Crippen LogP contribution < -0.4 is 0 Å². The van der Waals surface area contributed by atoms with Crippen molar-refractivity contribution in [3.63, 3.8) is 0 Å². The van der Waals surface area contributed by atoms with Crippen LogP contribution >= 0.6 is 0 Å². The van der Waals surface area contributed by atoms with Gasteiger partial charge in [0, 0.05) is 18.6 Å². The van der Waals surface area contributed by atoms with E-state index < -0.39 is 0 Å². The summed E-state index contributed by atoms with van der Waals surface area (Å²) in [6, 6.07) is 7.78. The van der Waals surface area contributed by atoms with Crippen molar-refractivity contribution in [2.75, 3.05) is 0 Å². The highest BCUT2D eigenvalue weighted by Gasteiger charge is 1.86. The minimum atomic E-state index is 1.88. The van der Waals surface area contributed by atoms with Gasteiger partial charge in [-0.2, -0.15) is 0 Å². The average molecular weight is 131 g/mol. The Morgan fingerprint density at radius 3 is 2.30 bits per heavy atom. The van der Waals surface area contributed by atoms with Crippen LogP contribution in [0.15, 0.2) is 42.9 Å². The van der Waals surface area contributed by atoms with E-state index in [4.69, 9.17) is 0 Å². The second-order valence-electron chi connectivity index (χ2n) is 2.04. The largest absolute Gasteiger partial charge is 0.264 e. The van der Waals surface area contributed by atoms with Crippen LogP contribution in [0.3, 0.4) is 0 Å². The number of nitrogens with zero attached hydrogens (tertiary/aromatic N) is 2. The Balaban J connectivity index is 2.48. The van der Waals surface area contributed by atoms with Gasteiger partial charge in [-0.25, -0.2) is 0 Å². The molecule has 0 bridgehead atoms. The third-order valence-electron chi connectivity index (χ3n) is 1.37. The number of hydrogen-bond acceptors (Lipinski definition) is 0. The van der Waals surface area contributed by atoms with Crippen LogP contribution in [-0.4, -0.2) is 9.35 Å². The van der Waals surface area contributed by atoms with Crippen LogP contribution in [0.1, 0.15) is 0 Å². The maximum absolute atomic E-state index is 3.02. The molecule has 0 unspecified atom stereocenters. The molecule has 2 aromatic rings. The lowest BCUT2D eigenvalue weighted by Gasteiger charge is -2.00. The fraction of sp³-hybridized carbons (Fsp3) is 0. The van der Waals surface area contributed by atoms with Gasteiger partial charge in [-0.3, -0.25) is 9.35 Å². The molecule has 0 N–H and O–H groups in total. The molecule has 0 atom stereocenters. The number of rotatable bonds is 1. The SMILES string of the molecule is [c]1cccn1-n1cccc1. The molecule has 0 aliphatic rings. The molecular formula is C8H7N2. The molecule has 2 heteroatoms. The van der Waals surface area contributed by atoms with Gasteiger partial charge in [-0.15, -0.1) is 0 Å².